The maximum absolute atomic E-state index is 6.10. The highest BCUT2D eigenvalue weighted by Crippen LogP contribution is 2.30. The van der Waals surface area contributed by atoms with Crippen molar-refractivity contribution in [3.05, 3.63) is 34.3 Å². The molecule has 0 amide bonds. The van der Waals surface area contributed by atoms with Gasteiger partial charge in [0, 0.05) is 23.1 Å². The van der Waals surface area contributed by atoms with Gasteiger partial charge < -0.3 is 5.73 Å². The molecule has 1 aliphatic rings. The number of likely N-dealkylation sites (tertiary alicyclic amines) is 1. The molecule has 3 atom stereocenters. The molecule has 0 radical (unpaired) electrons. The quantitative estimate of drug-likeness (QED) is 0.908. The standard InChI is InChI=1S/C16H25BrN2/c1-3-16(13-6-8-15(17)9-7-13)19-10-4-5-14(11-19)12(2)18/h6-9,12,14,16H,3-5,10-11,18H2,1-2H3. The number of nitrogens with zero attached hydrogens (tertiary/aromatic N) is 1. The average Bonchev–Trinajstić information content (AvgIpc) is 2.42. The third-order valence-electron chi connectivity index (χ3n) is 4.32. The predicted octanol–water partition coefficient (Wildman–Crippen LogP) is 3.96. The minimum atomic E-state index is 0.310. The Hall–Kier alpha value is -0.380. The smallest absolute Gasteiger partial charge is 0.0345 e. The Labute approximate surface area is 125 Å². The molecular weight excluding hydrogens is 300 g/mol. The average molecular weight is 325 g/mol. The molecule has 2 rings (SSSR count). The van der Waals surface area contributed by atoms with Gasteiger partial charge in [0.1, 0.15) is 0 Å². The predicted molar refractivity (Wildman–Crippen MR) is 85.1 cm³/mol. The van der Waals surface area contributed by atoms with Gasteiger partial charge in [-0.2, -0.15) is 0 Å². The topological polar surface area (TPSA) is 29.3 Å². The maximum Gasteiger partial charge on any atom is 0.0345 e. The van der Waals surface area contributed by atoms with Gasteiger partial charge in [-0.25, -0.2) is 0 Å². The third-order valence-corrected chi connectivity index (χ3v) is 4.84. The second-order valence-corrected chi connectivity index (χ2v) is 6.65. The first-order valence-electron chi connectivity index (χ1n) is 7.37. The van der Waals surface area contributed by atoms with Crippen molar-refractivity contribution in [2.24, 2.45) is 11.7 Å². The monoisotopic (exact) mass is 324 g/mol. The van der Waals surface area contributed by atoms with E-state index in [4.69, 9.17) is 5.73 Å². The van der Waals surface area contributed by atoms with Crippen LogP contribution in [0.2, 0.25) is 0 Å². The molecule has 3 heteroatoms. The number of rotatable bonds is 4. The fourth-order valence-corrected chi connectivity index (χ4v) is 3.41. The van der Waals surface area contributed by atoms with Crippen LogP contribution in [-0.4, -0.2) is 24.0 Å². The molecule has 1 aromatic carbocycles. The SMILES string of the molecule is CCC(c1ccc(Br)cc1)N1CCCC(C(C)N)C1. The van der Waals surface area contributed by atoms with E-state index >= 15 is 0 Å². The molecule has 0 saturated carbocycles. The number of piperidine rings is 1. The van der Waals surface area contributed by atoms with Crippen LogP contribution in [0.4, 0.5) is 0 Å². The van der Waals surface area contributed by atoms with Crippen LogP contribution in [-0.2, 0) is 0 Å². The second kappa shape index (κ2) is 6.87. The van der Waals surface area contributed by atoms with Crippen molar-refractivity contribution in [3.63, 3.8) is 0 Å². The van der Waals surface area contributed by atoms with E-state index in [1.54, 1.807) is 0 Å². The molecule has 0 spiro atoms. The Bertz CT molecular complexity index is 388. The molecule has 3 unspecified atom stereocenters. The Balaban J connectivity index is 2.10. The number of hydrogen-bond donors (Lipinski definition) is 1. The van der Waals surface area contributed by atoms with Gasteiger partial charge in [0.25, 0.3) is 0 Å². The van der Waals surface area contributed by atoms with E-state index in [-0.39, 0.29) is 0 Å². The fraction of sp³-hybridized carbons (Fsp3) is 0.625. The van der Waals surface area contributed by atoms with Gasteiger partial charge >= 0.3 is 0 Å². The van der Waals surface area contributed by atoms with Crippen LogP contribution in [0.1, 0.15) is 44.7 Å². The van der Waals surface area contributed by atoms with E-state index in [1.807, 2.05) is 0 Å². The lowest BCUT2D eigenvalue weighted by atomic mass is 9.90. The van der Waals surface area contributed by atoms with Gasteiger partial charge in [-0.05, 0) is 56.3 Å². The van der Waals surface area contributed by atoms with E-state index in [1.165, 1.54) is 24.9 Å². The summed E-state index contributed by atoms with van der Waals surface area (Å²) < 4.78 is 1.15. The molecule has 1 aliphatic heterocycles. The zero-order chi connectivity index (χ0) is 13.8. The Morgan fingerprint density at radius 3 is 2.63 bits per heavy atom. The maximum atomic E-state index is 6.10. The van der Waals surface area contributed by atoms with Crippen LogP contribution >= 0.6 is 15.9 Å². The highest BCUT2D eigenvalue weighted by molar-refractivity contribution is 9.10. The lowest BCUT2D eigenvalue weighted by Gasteiger charge is -2.39. The first-order valence-corrected chi connectivity index (χ1v) is 8.16. The van der Waals surface area contributed by atoms with Gasteiger partial charge in [-0.3, -0.25) is 4.90 Å². The molecule has 2 N–H and O–H groups in total. The summed E-state index contributed by atoms with van der Waals surface area (Å²) in [6.45, 7) is 6.78. The summed E-state index contributed by atoms with van der Waals surface area (Å²) in [7, 11) is 0. The fourth-order valence-electron chi connectivity index (χ4n) is 3.14. The summed E-state index contributed by atoms with van der Waals surface area (Å²) in [6.07, 6.45) is 3.72. The highest BCUT2D eigenvalue weighted by Gasteiger charge is 2.27. The zero-order valence-electron chi connectivity index (χ0n) is 12.0. The molecule has 106 valence electrons. The van der Waals surface area contributed by atoms with Gasteiger partial charge in [-0.1, -0.05) is 35.0 Å². The van der Waals surface area contributed by atoms with Crippen molar-refractivity contribution in [2.75, 3.05) is 13.1 Å². The Kier molecular flexibility index (Phi) is 5.43. The van der Waals surface area contributed by atoms with E-state index in [0.717, 1.165) is 17.4 Å². The second-order valence-electron chi connectivity index (χ2n) is 5.73. The summed E-state index contributed by atoms with van der Waals surface area (Å²) in [5.41, 5.74) is 7.52. The molecule has 0 aromatic heterocycles. The molecule has 1 aromatic rings. The number of halogens is 1. The molecule has 1 fully saturated rings. The van der Waals surface area contributed by atoms with E-state index in [0.29, 0.717) is 18.0 Å². The largest absolute Gasteiger partial charge is 0.328 e. The van der Waals surface area contributed by atoms with Crippen LogP contribution in [0.25, 0.3) is 0 Å². The minimum Gasteiger partial charge on any atom is -0.328 e. The van der Waals surface area contributed by atoms with Gasteiger partial charge in [0.05, 0.1) is 0 Å². The van der Waals surface area contributed by atoms with Crippen LogP contribution in [0.5, 0.6) is 0 Å². The summed E-state index contributed by atoms with van der Waals surface area (Å²) in [5.74, 6) is 0.651. The van der Waals surface area contributed by atoms with Crippen molar-refractivity contribution in [1.29, 1.82) is 0 Å². The lowest BCUT2D eigenvalue weighted by molar-refractivity contribution is 0.110. The Morgan fingerprint density at radius 1 is 1.37 bits per heavy atom. The summed E-state index contributed by atoms with van der Waals surface area (Å²) in [5, 5.41) is 0. The molecule has 0 aliphatic carbocycles. The minimum absolute atomic E-state index is 0.310. The number of benzene rings is 1. The first kappa shape index (κ1) is 15.0. The normalized spacial score (nSPS) is 24.1. The van der Waals surface area contributed by atoms with E-state index in [9.17, 15) is 0 Å². The summed E-state index contributed by atoms with van der Waals surface area (Å²) >= 11 is 3.51. The van der Waals surface area contributed by atoms with Crippen molar-refractivity contribution in [3.8, 4) is 0 Å². The molecule has 0 bridgehead atoms. The van der Waals surface area contributed by atoms with Crippen LogP contribution in [0.3, 0.4) is 0 Å². The van der Waals surface area contributed by atoms with Crippen molar-refractivity contribution < 1.29 is 0 Å². The lowest BCUT2D eigenvalue weighted by Crippen LogP contribution is -2.43. The van der Waals surface area contributed by atoms with E-state index < -0.39 is 0 Å². The van der Waals surface area contributed by atoms with Crippen molar-refractivity contribution in [2.45, 2.75) is 45.2 Å². The van der Waals surface area contributed by atoms with Crippen molar-refractivity contribution >= 4 is 15.9 Å². The molecule has 19 heavy (non-hydrogen) atoms. The van der Waals surface area contributed by atoms with Gasteiger partial charge in [0.2, 0.25) is 0 Å². The molecule has 1 heterocycles. The number of hydrogen-bond acceptors (Lipinski definition) is 2. The molecular formula is C16H25BrN2. The summed E-state index contributed by atoms with van der Waals surface area (Å²) in [6, 6.07) is 9.62. The van der Waals surface area contributed by atoms with E-state index in [2.05, 4.69) is 58.9 Å². The first-order chi connectivity index (χ1) is 9.11. The zero-order valence-corrected chi connectivity index (χ0v) is 13.6. The Morgan fingerprint density at radius 2 is 2.05 bits per heavy atom. The summed E-state index contributed by atoms with van der Waals surface area (Å²) in [4.78, 5) is 2.63. The highest BCUT2D eigenvalue weighted by atomic mass is 79.9. The van der Waals surface area contributed by atoms with Gasteiger partial charge in [-0.15, -0.1) is 0 Å². The van der Waals surface area contributed by atoms with Gasteiger partial charge in [0.15, 0.2) is 0 Å². The third kappa shape index (κ3) is 3.80. The number of nitrogens with two attached hydrogens (primary N) is 1. The van der Waals surface area contributed by atoms with Crippen LogP contribution in [0, 0.1) is 5.92 Å². The van der Waals surface area contributed by atoms with Crippen LogP contribution in [0.15, 0.2) is 28.7 Å². The molecule has 1 saturated heterocycles. The van der Waals surface area contributed by atoms with Crippen molar-refractivity contribution in [1.82, 2.24) is 4.90 Å². The molecule has 2 nitrogen and oxygen atoms in total. The van der Waals surface area contributed by atoms with Crippen LogP contribution < -0.4 is 5.73 Å².